The molecule has 1 N–H and O–H groups in total. The fourth-order valence-corrected chi connectivity index (χ4v) is 2.44. The highest BCUT2D eigenvalue weighted by Gasteiger charge is 2.31. The zero-order valence-corrected chi connectivity index (χ0v) is 13.8. The van der Waals surface area contributed by atoms with Gasteiger partial charge < -0.3 is 14.7 Å². The van der Waals surface area contributed by atoms with Crippen molar-refractivity contribution in [3.05, 3.63) is 0 Å². The topological polar surface area (TPSA) is 70.1 Å². The predicted octanol–water partition coefficient (Wildman–Crippen LogP) is 2.04. The Morgan fingerprint density at radius 3 is 2.48 bits per heavy atom. The third-order valence-electron chi connectivity index (χ3n) is 3.50. The van der Waals surface area contributed by atoms with E-state index in [4.69, 9.17) is 9.84 Å². The van der Waals surface area contributed by atoms with Crippen LogP contribution in [0.1, 0.15) is 41.0 Å². The highest BCUT2D eigenvalue weighted by Crippen LogP contribution is 2.21. The van der Waals surface area contributed by atoms with Gasteiger partial charge in [-0.25, -0.2) is 4.79 Å². The summed E-state index contributed by atoms with van der Waals surface area (Å²) >= 11 is 0. The van der Waals surface area contributed by atoms with E-state index in [0.717, 1.165) is 6.42 Å². The second kappa shape index (κ2) is 7.11. The molecule has 0 radical (unpaired) electrons. The number of carbonyl (C=O) groups excluding carboxylic acids is 1. The molecule has 1 amide bonds. The Morgan fingerprint density at radius 1 is 1.38 bits per heavy atom. The minimum absolute atomic E-state index is 0.0423. The number of ether oxygens (including phenoxy) is 1. The van der Waals surface area contributed by atoms with Gasteiger partial charge in [-0.3, -0.25) is 9.69 Å². The van der Waals surface area contributed by atoms with Gasteiger partial charge in [0.15, 0.2) is 0 Å². The molecule has 1 aliphatic heterocycles. The number of aliphatic carboxylic acids is 1. The zero-order valence-electron chi connectivity index (χ0n) is 13.8. The summed E-state index contributed by atoms with van der Waals surface area (Å²) in [6, 6.07) is 0.177. The molecular weight excluding hydrogens is 272 g/mol. The number of hydrogen-bond acceptors (Lipinski definition) is 4. The fourth-order valence-electron chi connectivity index (χ4n) is 2.44. The third-order valence-corrected chi connectivity index (χ3v) is 3.50. The molecule has 0 saturated carbocycles. The number of amides is 1. The number of carbonyl (C=O) groups is 2. The molecular formula is C15H28N2O4. The standard InChI is InChI=1S/C15H28N2O4/c1-11(2)17(10-13(18)19)9-12-6-7-16(8-12)14(20)21-15(3,4)5/h11-12H,6-10H2,1-5H3,(H,18,19). The van der Waals surface area contributed by atoms with Crippen LogP contribution in [-0.2, 0) is 9.53 Å². The van der Waals surface area contributed by atoms with E-state index in [1.807, 2.05) is 39.5 Å². The average Bonchev–Trinajstić information content (AvgIpc) is 2.73. The molecule has 0 aromatic heterocycles. The van der Waals surface area contributed by atoms with E-state index in [2.05, 4.69) is 0 Å². The van der Waals surface area contributed by atoms with Crippen molar-refractivity contribution in [1.29, 1.82) is 0 Å². The van der Waals surface area contributed by atoms with Gasteiger partial charge in [0.05, 0.1) is 6.54 Å². The van der Waals surface area contributed by atoms with Gasteiger partial charge in [0.1, 0.15) is 5.60 Å². The van der Waals surface area contributed by atoms with Crippen molar-refractivity contribution in [3.8, 4) is 0 Å². The van der Waals surface area contributed by atoms with Crippen molar-refractivity contribution in [2.24, 2.45) is 5.92 Å². The molecule has 6 nitrogen and oxygen atoms in total. The van der Waals surface area contributed by atoms with E-state index in [0.29, 0.717) is 25.6 Å². The number of rotatable bonds is 5. The van der Waals surface area contributed by atoms with E-state index in [1.165, 1.54) is 0 Å². The highest BCUT2D eigenvalue weighted by atomic mass is 16.6. The number of carboxylic acids is 1. The average molecular weight is 300 g/mol. The normalized spacial score (nSPS) is 19.4. The summed E-state index contributed by atoms with van der Waals surface area (Å²) in [7, 11) is 0. The molecule has 1 unspecified atom stereocenters. The largest absolute Gasteiger partial charge is 0.480 e. The number of carboxylic acid groups (broad SMARTS) is 1. The minimum Gasteiger partial charge on any atom is -0.480 e. The fraction of sp³-hybridized carbons (Fsp3) is 0.867. The lowest BCUT2D eigenvalue weighted by Gasteiger charge is -2.28. The van der Waals surface area contributed by atoms with E-state index in [1.54, 1.807) is 4.90 Å². The van der Waals surface area contributed by atoms with Crippen molar-refractivity contribution in [2.45, 2.75) is 52.7 Å². The summed E-state index contributed by atoms with van der Waals surface area (Å²) in [5.41, 5.74) is -0.484. The van der Waals surface area contributed by atoms with Crippen LogP contribution in [0.5, 0.6) is 0 Å². The molecule has 1 aliphatic rings. The summed E-state index contributed by atoms with van der Waals surface area (Å²) in [6.07, 6.45) is 0.613. The molecule has 0 aromatic carbocycles. The second-order valence-electron chi connectivity index (χ2n) is 7.00. The molecule has 1 saturated heterocycles. The van der Waals surface area contributed by atoms with Crippen LogP contribution in [0.2, 0.25) is 0 Å². The Kier molecular flexibility index (Phi) is 6.01. The van der Waals surface area contributed by atoms with Crippen molar-refractivity contribution < 1.29 is 19.4 Å². The Hall–Kier alpha value is -1.30. The molecule has 1 fully saturated rings. The number of likely N-dealkylation sites (tertiary alicyclic amines) is 1. The first-order valence-corrected chi connectivity index (χ1v) is 7.52. The number of nitrogens with zero attached hydrogens (tertiary/aromatic N) is 2. The lowest BCUT2D eigenvalue weighted by molar-refractivity contribution is -0.139. The minimum atomic E-state index is -0.814. The smallest absolute Gasteiger partial charge is 0.410 e. The lowest BCUT2D eigenvalue weighted by atomic mass is 10.1. The maximum absolute atomic E-state index is 12.0. The monoisotopic (exact) mass is 300 g/mol. The quantitative estimate of drug-likeness (QED) is 0.841. The summed E-state index contributed by atoms with van der Waals surface area (Å²) in [5, 5.41) is 8.95. The Balaban J connectivity index is 2.50. The molecule has 0 aromatic rings. The predicted molar refractivity (Wildman–Crippen MR) is 80.3 cm³/mol. The van der Waals surface area contributed by atoms with Crippen LogP contribution in [0.25, 0.3) is 0 Å². The van der Waals surface area contributed by atoms with Crippen LogP contribution in [0, 0.1) is 5.92 Å². The van der Waals surface area contributed by atoms with Crippen LogP contribution >= 0.6 is 0 Å². The van der Waals surface area contributed by atoms with Gasteiger partial charge in [-0.15, -0.1) is 0 Å². The van der Waals surface area contributed by atoms with E-state index >= 15 is 0 Å². The highest BCUT2D eigenvalue weighted by molar-refractivity contribution is 5.69. The SMILES string of the molecule is CC(C)N(CC(=O)O)CC1CCN(C(=O)OC(C)(C)C)C1. The first kappa shape index (κ1) is 17.8. The summed E-state index contributed by atoms with van der Waals surface area (Å²) in [4.78, 5) is 26.5. The Labute approximate surface area is 127 Å². The van der Waals surface area contributed by atoms with Crippen LogP contribution in [0.15, 0.2) is 0 Å². The first-order valence-electron chi connectivity index (χ1n) is 7.52. The maximum Gasteiger partial charge on any atom is 0.410 e. The second-order valence-corrected chi connectivity index (χ2v) is 7.00. The van der Waals surface area contributed by atoms with E-state index in [-0.39, 0.29) is 18.7 Å². The summed E-state index contributed by atoms with van der Waals surface area (Å²) in [5.74, 6) is -0.509. The van der Waals surface area contributed by atoms with Crippen LogP contribution in [0.4, 0.5) is 4.79 Å². The van der Waals surface area contributed by atoms with E-state index in [9.17, 15) is 9.59 Å². The molecule has 0 spiro atoms. The molecule has 1 atom stereocenters. The molecule has 6 heteroatoms. The van der Waals surface area contributed by atoms with Gasteiger partial charge in [-0.2, -0.15) is 0 Å². The van der Waals surface area contributed by atoms with Crippen molar-refractivity contribution in [1.82, 2.24) is 9.80 Å². The molecule has 0 aliphatic carbocycles. The summed E-state index contributed by atoms with van der Waals surface area (Å²) in [6.45, 7) is 11.6. The number of hydrogen-bond donors (Lipinski definition) is 1. The van der Waals surface area contributed by atoms with Crippen LogP contribution in [0.3, 0.4) is 0 Å². The lowest BCUT2D eigenvalue weighted by Crippen LogP contribution is -2.40. The molecule has 1 heterocycles. The van der Waals surface area contributed by atoms with Crippen molar-refractivity contribution >= 4 is 12.1 Å². The van der Waals surface area contributed by atoms with Gasteiger partial charge in [-0.1, -0.05) is 0 Å². The van der Waals surface area contributed by atoms with Gasteiger partial charge >= 0.3 is 12.1 Å². The van der Waals surface area contributed by atoms with Crippen LogP contribution < -0.4 is 0 Å². The van der Waals surface area contributed by atoms with Gasteiger partial charge in [-0.05, 0) is 47.0 Å². The zero-order chi connectivity index (χ0) is 16.2. The van der Waals surface area contributed by atoms with Crippen LogP contribution in [-0.4, -0.2) is 64.8 Å². The summed E-state index contributed by atoms with van der Waals surface area (Å²) < 4.78 is 5.37. The Bertz CT molecular complexity index is 376. The maximum atomic E-state index is 12.0. The van der Waals surface area contributed by atoms with E-state index < -0.39 is 11.6 Å². The van der Waals surface area contributed by atoms with Gasteiger partial charge in [0.25, 0.3) is 0 Å². The molecule has 1 rings (SSSR count). The van der Waals surface area contributed by atoms with Crippen molar-refractivity contribution in [2.75, 3.05) is 26.2 Å². The molecule has 0 bridgehead atoms. The molecule has 122 valence electrons. The van der Waals surface area contributed by atoms with Gasteiger partial charge in [0.2, 0.25) is 0 Å². The molecule has 21 heavy (non-hydrogen) atoms. The van der Waals surface area contributed by atoms with Gasteiger partial charge in [0, 0.05) is 25.7 Å². The third kappa shape index (κ3) is 6.33. The van der Waals surface area contributed by atoms with Crippen molar-refractivity contribution in [3.63, 3.8) is 0 Å². The first-order chi connectivity index (χ1) is 9.58. The Morgan fingerprint density at radius 2 is 2.00 bits per heavy atom.